The zero-order valence-corrected chi connectivity index (χ0v) is 24.4. The molecule has 5 aliphatic rings. The number of amides is 2. The molecule has 0 aromatic heterocycles. The lowest BCUT2D eigenvalue weighted by atomic mass is 9.87. The van der Waals surface area contributed by atoms with E-state index in [1.807, 2.05) is 6.07 Å². The Labute approximate surface area is 241 Å². The number of carbonyl (C=O) groups is 3. The standard InChI is InChI=1S/C31H43FN4O5/c1-31(2,3)41-30(39)36-23-7-5-19(11-23)28(36)27(37)12-21(29(33)38)10-18-4-6-22(13-25(18)32)35-9-8-20-14-34(15-26(20)35)24-16-40-17-24/h4,6,13,19-21,23-24,26,28H,5,7-12,14-17H2,1-3H3,(H2,33,38)/t19-,20?,21+,23+,26?,28-/m0/s1. The van der Waals surface area contributed by atoms with E-state index in [4.69, 9.17) is 15.2 Å². The van der Waals surface area contributed by atoms with E-state index in [2.05, 4.69) is 9.80 Å². The van der Waals surface area contributed by atoms with Gasteiger partial charge >= 0.3 is 6.09 Å². The van der Waals surface area contributed by atoms with Crippen molar-refractivity contribution in [1.82, 2.24) is 9.80 Å². The van der Waals surface area contributed by atoms with Gasteiger partial charge in [-0.1, -0.05) is 6.07 Å². The van der Waals surface area contributed by atoms with Gasteiger partial charge in [0.2, 0.25) is 5.91 Å². The van der Waals surface area contributed by atoms with Crippen molar-refractivity contribution in [2.24, 2.45) is 23.5 Å². The van der Waals surface area contributed by atoms with Crippen LogP contribution in [0.25, 0.3) is 0 Å². The van der Waals surface area contributed by atoms with Gasteiger partial charge in [0.05, 0.1) is 25.3 Å². The van der Waals surface area contributed by atoms with Gasteiger partial charge in [0.25, 0.3) is 0 Å². The molecule has 2 amide bonds. The van der Waals surface area contributed by atoms with Crippen LogP contribution in [-0.2, 0) is 25.5 Å². The van der Waals surface area contributed by atoms with E-state index in [0.29, 0.717) is 23.6 Å². The van der Waals surface area contributed by atoms with E-state index in [0.717, 1.165) is 64.2 Å². The maximum Gasteiger partial charge on any atom is 0.411 e. The van der Waals surface area contributed by atoms with Crippen molar-refractivity contribution < 1.29 is 28.2 Å². The Hall–Kier alpha value is -2.72. The molecule has 0 radical (unpaired) electrons. The lowest BCUT2D eigenvalue weighted by Gasteiger charge is -2.36. The first-order valence-corrected chi connectivity index (χ1v) is 15.2. The van der Waals surface area contributed by atoms with Gasteiger partial charge in [-0.25, -0.2) is 9.18 Å². The van der Waals surface area contributed by atoms with Gasteiger partial charge in [-0.2, -0.15) is 0 Å². The Kier molecular flexibility index (Phi) is 7.51. The van der Waals surface area contributed by atoms with Gasteiger partial charge < -0.3 is 20.1 Å². The van der Waals surface area contributed by atoms with Crippen LogP contribution in [-0.4, -0.2) is 90.2 Å². The number of primary amides is 1. The number of ketones is 1. The van der Waals surface area contributed by atoms with Crippen LogP contribution in [0.2, 0.25) is 0 Å². The van der Waals surface area contributed by atoms with Crippen molar-refractivity contribution in [3.8, 4) is 0 Å². The second-order valence-electron chi connectivity index (χ2n) is 13.8. The summed E-state index contributed by atoms with van der Waals surface area (Å²) in [4.78, 5) is 45.4. The fourth-order valence-electron chi connectivity index (χ4n) is 7.81. The fourth-order valence-corrected chi connectivity index (χ4v) is 7.81. The minimum absolute atomic E-state index is 0.0278. The van der Waals surface area contributed by atoms with E-state index in [-0.39, 0.29) is 36.4 Å². The Morgan fingerprint density at radius 1 is 1.10 bits per heavy atom. The number of rotatable bonds is 8. The highest BCUT2D eigenvalue weighted by molar-refractivity contribution is 5.92. The van der Waals surface area contributed by atoms with Crippen LogP contribution in [0.1, 0.15) is 58.4 Å². The number of hydrogen-bond acceptors (Lipinski definition) is 7. The topological polar surface area (TPSA) is 105 Å². The zero-order chi connectivity index (χ0) is 29.1. The molecule has 2 unspecified atom stereocenters. The first-order valence-electron chi connectivity index (χ1n) is 15.2. The van der Waals surface area contributed by atoms with Gasteiger partial charge in [-0.15, -0.1) is 0 Å². The molecule has 4 saturated heterocycles. The van der Waals surface area contributed by atoms with Gasteiger partial charge in [-0.3, -0.25) is 19.4 Å². The van der Waals surface area contributed by atoms with Crippen molar-refractivity contribution in [2.75, 3.05) is 37.7 Å². The number of nitrogens with zero attached hydrogens (tertiary/aromatic N) is 3. The monoisotopic (exact) mass is 570 g/mol. The molecule has 5 fully saturated rings. The van der Waals surface area contributed by atoms with Gasteiger partial charge in [0.15, 0.2) is 5.78 Å². The number of anilines is 1. The number of benzene rings is 1. The SMILES string of the molecule is CC(C)(C)OC(=O)N1[C@@H]2CC[C@@H](C2)[C@H]1C(=O)C[C@@H](Cc1ccc(N2CCC3CN(C4COC4)CC32)cc1F)C(N)=O. The Morgan fingerprint density at radius 2 is 1.88 bits per heavy atom. The molecule has 2 N–H and O–H groups in total. The van der Waals surface area contributed by atoms with Gasteiger partial charge in [-0.05, 0) is 82.4 Å². The Balaban J connectivity index is 1.12. The minimum Gasteiger partial charge on any atom is -0.444 e. The third-order valence-corrected chi connectivity index (χ3v) is 9.92. The third-order valence-electron chi connectivity index (χ3n) is 9.92. The molecule has 6 atom stereocenters. The van der Waals surface area contributed by atoms with E-state index in [9.17, 15) is 14.4 Å². The minimum atomic E-state index is -0.855. The second-order valence-corrected chi connectivity index (χ2v) is 13.8. The molecule has 6 rings (SSSR count). The number of nitrogens with two attached hydrogens (primary N) is 1. The fraction of sp³-hybridized carbons (Fsp3) is 0.710. The number of likely N-dealkylation sites (tertiary alicyclic amines) is 2. The van der Waals surface area contributed by atoms with Crippen LogP contribution in [0.5, 0.6) is 0 Å². The maximum atomic E-state index is 15.5. The molecule has 1 saturated carbocycles. The number of Topliss-reactive ketones (excluding diaryl/α,β-unsaturated/α-hetero) is 1. The predicted octanol–water partition coefficient (Wildman–Crippen LogP) is 3.13. The summed E-state index contributed by atoms with van der Waals surface area (Å²) in [5.74, 6) is -1.45. The van der Waals surface area contributed by atoms with Gasteiger partial charge in [0.1, 0.15) is 11.4 Å². The van der Waals surface area contributed by atoms with Crippen molar-refractivity contribution in [1.29, 1.82) is 0 Å². The molecular formula is C31H43FN4O5. The molecule has 9 nitrogen and oxygen atoms in total. The predicted molar refractivity (Wildman–Crippen MR) is 151 cm³/mol. The summed E-state index contributed by atoms with van der Waals surface area (Å²) < 4.78 is 26.4. The molecule has 4 aliphatic heterocycles. The van der Waals surface area contributed by atoms with E-state index < -0.39 is 29.6 Å². The summed E-state index contributed by atoms with van der Waals surface area (Å²) in [6.07, 6.45) is 2.99. The first kappa shape index (κ1) is 28.4. The molecule has 10 heteroatoms. The van der Waals surface area contributed by atoms with Crippen LogP contribution >= 0.6 is 0 Å². The van der Waals surface area contributed by atoms with Crippen molar-refractivity contribution >= 4 is 23.5 Å². The summed E-state index contributed by atoms with van der Waals surface area (Å²) in [5.41, 5.74) is 6.29. The maximum absolute atomic E-state index is 15.5. The van der Waals surface area contributed by atoms with E-state index >= 15 is 4.39 Å². The Bertz CT molecular complexity index is 1200. The summed E-state index contributed by atoms with van der Waals surface area (Å²) in [6, 6.07) is 5.44. The van der Waals surface area contributed by atoms with E-state index in [1.165, 1.54) is 0 Å². The molecule has 4 heterocycles. The molecule has 41 heavy (non-hydrogen) atoms. The molecule has 0 spiro atoms. The number of halogens is 1. The average molecular weight is 571 g/mol. The first-order chi connectivity index (χ1) is 19.5. The smallest absolute Gasteiger partial charge is 0.411 e. The van der Waals surface area contributed by atoms with Crippen LogP contribution in [0, 0.1) is 23.6 Å². The number of hydrogen-bond donors (Lipinski definition) is 1. The Morgan fingerprint density at radius 3 is 2.54 bits per heavy atom. The number of fused-ring (bicyclic) bond motifs is 3. The van der Waals surface area contributed by atoms with Gasteiger partial charge in [0, 0.05) is 49.7 Å². The number of piperidine rings is 1. The molecule has 1 aromatic carbocycles. The lowest BCUT2D eigenvalue weighted by molar-refractivity contribution is -0.131. The zero-order valence-electron chi connectivity index (χ0n) is 24.4. The highest BCUT2D eigenvalue weighted by Gasteiger charge is 2.52. The highest BCUT2D eigenvalue weighted by Crippen LogP contribution is 2.44. The summed E-state index contributed by atoms with van der Waals surface area (Å²) in [7, 11) is 0. The third kappa shape index (κ3) is 5.57. The van der Waals surface area contributed by atoms with Crippen LogP contribution in [0.4, 0.5) is 14.9 Å². The number of ether oxygens (including phenoxy) is 2. The lowest BCUT2D eigenvalue weighted by Crippen LogP contribution is -2.51. The molecule has 1 aromatic rings. The summed E-state index contributed by atoms with van der Waals surface area (Å²) in [5, 5.41) is 0. The number of carbonyl (C=O) groups excluding carboxylic acids is 3. The molecule has 224 valence electrons. The van der Waals surface area contributed by atoms with Crippen molar-refractivity contribution in [3.05, 3.63) is 29.6 Å². The second kappa shape index (κ2) is 10.8. The molecular weight excluding hydrogens is 527 g/mol. The van der Waals surface area contributed by atoms with E-state index in [1.54, 1.807) is 37.8 Å². The van der Waals surface area contributed by atoms with Crippen LogP contribution in [0.15, 0.2) is 18.2 Å². The van der Waals surface area contributed by atoms with Crippen molar-refractivity contribution in [2.45, 2.75) is 89.1 Å². The molecule has 2 bridgehead atoms. The normalized spacial score (nSPS) is 30.4. The van der Waals surface area contributed by atoms with Crippen LogP contribution < -0.4 is 10.6 Å². The molecule has 1 aliphatic carbocycles. The van der Waals surface area contributed by atoms with Crippen LogP contribution in [0.3, 0.4) is 0 Å². The quantitative estimate of drug-likeness (QED) is 0.512. The summed E-state index contributed by atoms with van der Waals surface area (Å²) >= 11 is 0. The highest BCUT2D eigenvalue weighted by atomic mass is 19.1. The average Bonchev–Trinajstić information content (AvgIpc) is 3.63. The summed E-state index contributed by atoms with van der Waals surface area (Å²) in [6.45, 7) is 9.94. The van der Waals surface area contributed by atoms with Crippen molar-refractivity contribution in [3.63, 3.8) is 0 Å². The largest absolute Gasteiger partial charge is 0.444 e.